The van der Waals surface area contributed by atoms with Crippen molar-refractivity contribution in [3.8, 4) is 0 Å². The number of carbonyl (C=O) groups is 1. The summed E-state index contributed by atoms with van der Waals surface area (Å²) in [7, 11) is 0. The van der Waals surface area contributed by atoms with Crippen LogP contribution in [0.15, 0.2) is 51.9 Å². The highest BCUT2D eigenvalue weighted by Crippen LogP contribution is 2.33. The van der Waals surface area contributed by atoms with Crippen molar-refractivity contribution in [2.45, 2.75) is 32.7 Å². The Morgan fingerprint density at radius 1 is 1.31 bits per heavy atom. The lowest BCUT2D eigenvalue weighted by Gasteiger charge is -2.14. The lowest BCUT2D eigenvalue weighted by Crippen LogP contribution is -2.24. The molecule has 5 heteroatoms. The number of rotatable bonds is 3. The van der Waals surface area contributed by atoms with Crippen LogP contribution in [0.2, 0.25) is 0 Å². The van der Waals surface area contributed by atoms with Crippen molar-refractivity contribution in [1.82, 2.24) is 4.57 Å². The number of halogens is 1. The van der Waals surface area contributed by atoms with Gasteiger partial charge in [-0.15, -0.1) is 0 Å². The van der Waals surface area contributed by atoms with Gasteiger partial charge in [-0.3, -0.25) is 9.59 Å². The van der Waals surface area contributed by atoms with Gasteiger partial charge in [0.25, 0.3) is 5.91 Å². The van der Waals surface area contributed by atoms with Crippen LogP contribution in [-0.2, 0) is 12.8 Å². The summed E-state index contributed by atoms with van der Waals surface area (Å²) in [4.78, 5) is 25.9. The Hall–Kier alpha value is -2.40. The fourth-order valence-corrected chi connectivity index (χ4v) is 4.27. The summed E-state index contributed by atoms with van der Waals surface area (Å²) in [6.45, 7) is 4.14. The number of anilines is 1. The maximum atomic E-state index is 13.0. The molecule has 4 rings (SSSR count). The minimum absolute atomic E-state index is 0.182. The zero-order valence-corrected chi connectivity index (χ0v) is 16.3. The van der Waals surface area contributed by atoms with Crippen LogP contribution in [0.4, 0.5) is 5.69 Å². The molecule has 26 heavy (non-hydrogen) atoms. The van der Waals surface area contributed by atoms with Crippen LogP contribution >= 0.6 is 15.9 Å². The van der Waals surface area contributed by atoms with E-state index in [-0.39, 0.29) is 22.9 Å². The van der Waals surface area contributed by atoms with E-state index in [1.807, 2.05) is 37.3 Å². The number of aryl methyl sites for hydroxylation is 1. The van der Waals surface area contributed by atoms with Crippen LogP contribution in [0.25, 0.3) is 10.9 Å². The molecule has 1 atom stereocenters. The Kier molecular flexibility index (Phi) is 4.19. The average molecular weight is 411 g/mol. The molecule has 3 aromatic rings. The number of hydrogen-bond acceptors (Lipinski definition) is 2. The molecule has 1 N–H and O–H groups in total. The quantitative estimate of drug-likeness (QED) is 0.680. The molecule has 0 aliphatic carbocycles. The molecule has 1 aliphatic heterocycles. The van der Waals surface area contributed by atoms with Gasteiger partial charge in [0.1, 0.15) is 5.56 Å². The Balaban J connectivity index is 1.84. The third-order valence-electron chi connectivity index (χ3n) is 5.05. The molecular weight excluding hydrogens is 392 g/mol. The van der Waals surface area contributed by atoms with E-state index in [2.05, 4.69) is 38.8 Å². The number of amides is 1. The number of aromatic nitrogens is 1. The highest BCUT2D eigenvalue weighted by molar-refractivity contribution is 9.10. The molecule has 1 amide bonds. The van der Waals surface area contributed by atoms with Crippen molar-refractivity contribution in [3.05, 3.63) is 74.0 Å². The fourth-order valence-electron chi connectivity index (χ4n) is 3.76. The van der Waals surface area contributed by atoms with E-state index in [1.165, 1.54) is 0 Å². The van der Waals surface area contributed by atoms with Crippen LogP contribution in [0.3, 0.4) is 0 Å². The molecule has 2 heterocycles. The second-order valence-electron chi connectivity index (χ2n) is 6.76. The van der Waals surface area contributed by atoms with Crippen LogP contribution < -0.4 is 10.7 Å². The van der Waals surface area contributed by atoms with Gasteiger partial charge in [0, 0.05) is 27.8 Å². The number of carbonyl (C=O) groups excluding carboxylic acids is 1. The van der Waals surface area contributed by atoms with E-state index in [9.17, 15) is 9.59 Å². The zero-order chi connectivity index (χ0) is 18.4. The molecule has 2 aromatic carbocycles. The third-order valence-corrected chi connectivity index (χ3v) is 5.51. The Bertz CT molecular complexity index is 1100. The van der Waals surface area contributed by atoms with Gasteiger partial charge in [-0.05, 0) is 49.1 Å². The monoisotopic (exact) mass is 410 g/mol. The summed E-state index contributed by atoms with van der Waals surface area (Å²) in [5, 5.41) is 3.51. The summed E-state index contributed by atoms with van der Waals surface area (Å²) in [5.41, 5.74) is 3.84. The number of nitrogens with one attached hydrogen (secondary N) is 1. The molecule has 132 valence electrons. The molecule has 0 saturated heterocycles. The molecule has 0 fully saturated rings. The molecule has 0 spiro atoms. The van der Waals surface area contributed by atoms with Crippen molar-refractivity contribution in [2.24, 2.45) is 0 Å². The van der Waals surface area contributed by atoms with Crippen molar-refractivity contribution in [2.75, 3.05) is 5.32 Å². The second kappa shape index (κ2) is 6.40. The van der Waals surface area contributed by atoms with Crippen LogP contribution in [-0.4, -0.2) is 10.5 Å². The molecule has 1 aliphatic rings. The first-order valence-electron chi connectivity index (χ1n) is 8.76. The lowest BCUT2D eigenvalue weighted by atomic mass is 10.1. The smallest absolute Gasteiger partial charge is 0.261 e. The maximum Gasteiger partial charge on any atom is 0.261 e. The van der Waals surface area contributed by atoms with E-state index < -0.39 is 0 Å². The Morgan fingerprint density at radius 2 is 2.08 bits per heavy atom. The SMILES string of the molecule is CCc1ccccc1NC(=O)c1cn2c3c(cc(Br)cc3c1=O)CC2C. The first-order chi connectivity index (χ1) is 12.5. The molecule has 1 unspecified atom stereocenters. The van der Waals surface area contributed by atoms with Crippen molar-refractivity contribution in [3.63, 3.8) is 0 Å². The molecule has 1 aromatic heterocycles. The first kappa shape index (κ1) is 17.0. The van der Waals surface area contributed by atoms with E-state index in [0.717, 1.165) is 39.6 Å². The largest absolute Gasteiger partial charge is 0.343 e. The predicted molar refractivity (Wildman–Crippen MR) is 108 cm³/mol. The van der Waals surface area contributed by atoms with Crippen LogP contribution in [0.1, 0.15) is 41.4 Å². The fraction of sp³-hybridized carbons (Fsp3) is 0.238. The zero-order valence-electron chi connectivity index (χ0n) is 14.7. The summed E-state index contributed by atoms with van der Waals surface area (Å²) in [6.07, 6.45) is 3.38. The van der Waals surface area contributed by atoms with Crippen molar-refractivity contribution < 1.29 is 4.79 Å². The van der Waals surface area contributed by atoms with Crippen LogP contribution in [0.5, 0.6) is 0 Å². The molecule has 0 saturated carbocycles. The Morgan fingerprint density at radius 3 is 2.85 bits per heavy atom. The average Bonchev–Trinajstić information content (AvgIpc) is 2.93. The number of para-hydroxylation sites is 1. The molecule has 4 nitrogen and oxygen atoms in total. The molecular formula is C21H19BrN2O2. The normalized spacial score (nSPS) is 15.4. The number of benzene rings is 2. The first-order valence-corrected chi connectivity index (χ1v) is 9.55. The van der Waals surface area contributed by atoms with Crippen molar-refractivity contribution >= 4 is 38.4 Å². The number of hydrogen-bond donors (Lipinski definition) is 1. The predicted octanol–water partition coefficient (Wildman–Crippen LogP) is 4.70. The van der Waals surface area contributed by atoms with Gasteiger partial charge in [0.05, 0.1) is 5.52 Å². The summed E-state index contributed by atoms with van der Waals surface area (Å²) in [5.74, 6) is -0.359. The van der Waals surface area contributed by atoms with Gasteiger partial charge in [-0.2, -0.15) is 0 Å². The van der Waals surface area contributed by atoms with Gasteiger partial charge in [0.2, 0.25) is 5.43 Å². The summed E-state index contributed by atoms with van der Waals surface area (Å²) in [6, 6.07) is 11.8. The standard InChI is InChI=1S/C21H19BrN2O2/c1-3-13-6-4-5-7-18(13)23-21(26)17-11-24-12(2)8-14-9-15(22)10-16(19(14)24)20(17)25/h4-7,9-12H,3,8H2,1-2H3,(H,23,26). The lowest BCUT2D eigenvalue weighted by molar-refractivity contribution is 0.102. The summed E-state index contributed by atoms with van der Waals surface area (Å²) >= 11 is 3.49. The van der Waals surface area contributed by atoms with E-state index >= 15 is 0 Å². The van der Waals surface area contributed by atoms with E-state index in [1.54, 1.807) is 6.20 Å². The Labute approximate surface area is 160 Å². The van der Waals surface area contributed by atoms with Crippen molar-refractivity contribution in [1.29, 1.82) is 0 Å². The molecule has 0 radical (unpaired) electrons. The maximum absolute atomic E-state index is 13.0. The van der Waals surface area contributed by atoms with Gasteiger partial charge in [-0.1, -0.05) is 41.1 Å². The van der Waals surface area contributed by atoms with E-state index in [0.29, 0.717) is 5.39 Å². The third kappa shape index (κ3) is 2.67. The minimum atomic E-state index is -0.359. The number of pyridine rings is 1. The van der Waals surface area contributed by atoms with Crippen LogP contribution in [0, 0.1) is 0 Å². The highest BCUT2D eigenvalue weighted by Gasteiger charge is 2.25. The number of nitrogens with zero attached hydrogens (tertiary/aromatic N) is 1. The minimum Gasteiger partial charge on any atom is -0.343 e. The van der Waals surface area contributed by atoms with Gasteiger partial charge < -0.3 is 9.88 Å². The van der Waals surface area contributed by atoms with Gasteiger partial charge in [-0.25, -0.2) is 0 Å². The van der Waals surface area contributed by atoms with Gasteiger partial charge >= 0.3 is 0 Å². The van der Waals surface area contributed by atoms with Gasteiger partial charge in [0.15, 0.2) is 0 Å². The second-order valence-corrected chi connectivity index (χ2v) is 7.67. The van der Waals surface area contributed by atoms with E-state index in [4.69, 9.17) is 0 Å². The summed E-state index contributed by atoms with van der Waals surface area (Å²) < 4.78 is 2.92. The topological polar surface area (TPSA) is 51.1 Å². The molecule has 0 bridgehead atoms. The highest BCUT2D eigenvalue weighted by atomic mass is 79.9.